The zero-order valence-corrected chi connectivity index (χ0v) is 17.5. The molecule has 0 spiro atoms. The van der Waals surface area contributed by atoms with E-state index in [1.54, 1.807) is 36.4 Å². The summed E-state index contributed by atoms with van der Waals surface area (Å²) >= 11 is 6.07. The van der Waals surface area contributed by atoms with Gasteiger partial charge in [0.25, 0.3) is 5.91 Å². The summed E-state index contributed by atoms with van der Waals surface area (Å²) in [5.41, 5.74) is 2.24. The third-order valence-corrected chi connectivity index (χ3v) is 5.56. The number of carbonyl (C=O) groups is 3. The molecular weight excluding hydrogens is 432 g/mol. The van der Waals surface area contributed by atoms with E-state index in [9.17, 15) is 19.5 Å². The van der Waals surface area contributed by atoms with Crippen molar-refractivity contribution in [2.75, 3.05) is 5.32 Å². The number of benzene rings is 3. The number of nitrogens with one attached hydrogen (secondary N) is 1. The summed E-state index contributed by atoms with van der Waals surface area (Å²) in [5, 5.41) is 21.9. The highest BCUT2D eigenvalue weighted by molar-refractivity contribution is 6.31. The minimum Gasteiger partial charge on any atom is -0.508 e. The molecular formula is C24H19ClN2O5. The number of anilines is 1. The Morgan fingerprint density at radius 2 is 1.62 bits per heavy atom. The Labute approximate surface area is 188 Å². The Bertz CT molecular complexity index is 1190. The SMILES string of the molecule is O=C(O)c1ccc(CN2C(=O)c3ccc(Cl)cc3NC(=O)[C@H]2Cc2ccc(O)cc2)cc1. The van der Waals surface area contributed by atoms with Crippen molar-refractivity contribution < 1.29 is 24.6 Å². The number of hydrogen-bond donors (Lipinski definition) is 3. The van der Waals surface area contributed by atoms with Crippen LogP contribution < -0.4 is 5.32 Å². The van der Waals surface area contributed by atoms with Crippen LogP contribution in [0.1, 0.15) is 31.8 Å². The second-order valence-electron chi connectivity index (χ2n) is 7.50. The number of phenols is 1. The van der Waals surface area contributed by atoms with Gasteiger partial charge < -0.3 is 20.4 Å². The summed E-state index contributed by atoms with van der Waals surface area (Å²) in [6, 6.07) is 16.5. The molecule has 32 heavy (non-hydrogen) atoms. The number of aromatic hydroxyl groups is 1. The van der Waals surface area contributed by atoms with Gasteiger partial charge in [-0.3, -0.25) is 9.59 Å². The molecule has 0 saturated heterocycles. The van der Waals surface area contributed by atoms with Crippen molar-refractivity contribution in [3.63, 3.8) is 0 Å². The van der Waals surface area contributed by atoms with Crippen LogP contribution in [0.4, 0.5) is 5.69 Å². The van der Waals surface area contributed by atoms with Gasteiger partial charge in [-0.1, -0.05) is 35.9 Å². The zero-order chi connectivity index (χ0) is 22.8. The highest BCUT2D eigenvalue weighted by Crippen LogP contribution is 2.29. The predicted octanol–water partition coefficient (Wildman–Crippen LogP) is 3.95. The van der Waals surface area contributed by atoms with Crippen molar-refractivity contribution in [3.8, 4) is 5.75 Å². The number of aromatic carboxylic acids is 1. The van der Waals surface area contributed by atoms with Gasteiger partial charge in [0.1, 0.15) is 11.8 Å². The molecule has 3 aromatic rings. The Balaban J connectivity index is 1.72. The molecule has 162 valence electrons. The van der Waals surface area contributed by atoms with Crippen LogP contribution in [0.25, 0.3) is 0 Å². The zero-order valence-electron chi connectivity index (χ0n) is 16.8. The van der Waals surface area contributed by atoms with E-state index in [1.165, 1.54) is 35.2 Å². The molecule has 0 unspecified atom stereocenters. The van der Waals surface area contributed by atoms with Crippen LogP contribution in [-0.4, -0.2) is 38.9 Å². The van der Waals surface area contributed by atoms with Crippen LogP contribution in [0.15, 0.2) is 66.7 Å². The average Bonchev–Trinajstić information content (AvgIpc) is 2.85. The van der Waals surface area contributed by atoms with Gasteiger partial charge in [-0.05, 0) is 53.6 Å². The largest absolute Gasteiger partial charge is 0.508 e. The van der Waals surface area contributed by atoms with Gasteiger partial charge in [-0.2, -0.15) is 0 Å². The summed E-state index contributed by atoms with van der Waals surface area (Å²) in [6.07, 6.45) is 0.229. The van der Waals surface area contributed by atoms with E-state index in [4.69, 9.17) is 16.7 Å². The van der Waals surface area contributed by atoms with Crippen molar-refractivity contribution in [2.24, 2.45) is 0 Å². The lowest BCUT2D eigenvalue weighted by Gasteiger charge is -2.29. The van der Waals surface area contributed by atoms with Crippen LogP contribution in [0.3, 0.4) is 0 Å². The molecule has 0 saturated carbocycles. The number of carboxylic acids is 1. The molecule has 1 atom stereocenters. The standard InChI is InChI=1S/C24H19ClN2O5/c25-17-7-10-19-20(12-17)26-22(29)21(11-14-3-8-18(28)9-4-14)27(23(19)30)13-15-1-5-16(6-2-15)24(31)32/h1-10,12,21,28H,11,13H2,(H,26,29)(H,31,32)/t21-/m1/s1. The molecule has 3 N–H and O–H groups in total. The van der Waals surface area contributed by atoms with Gasteiger partial charge in [-0.25, -0.2) is 4.79 Å². The Hall–Kier alpha value is -3.84. The molecule has 0 radical (unpaired) electrons. The van der Waals surface area contributed by atoms with E-state index in [2.05, 4.69) is 5.32 Å². The van der Waals surface area contributed by atoms with Gasteiger partial charge in [0, 0.05) is 18.0 Å². The smallest absolute Gasteiger partial charge is 0.335 e. The van der Waals surface area contributed by atoms with Crippen molar-refractivity contribution in [1.82, 2.24) is 4.90 Å². The molecule has 0 aromatic heterocycles. The van der Waals surface area contributed by atoms with E-state index in [-0.39, 0.29) is 36.1 Å². The van der Waals surface area contributed by atoms with E-state index in [1.807, 2.05) is 0 Å². The van der Waals surface area contributed by atoms with Gasteiger partial charge in [0.05, 0.1) is 16.8 Å². The first-order chi connectivity index (χ1) is 15.3. The van der Waals surface area contributed by atoms with Crippen LogP contribution in [0.2, 0.25) is 5.02 Å². The normalized spacial score (nSPS) is 15.7. The first kappa shape index (κ1) is 21.4. The van der Waals surface area contributed by atoms with Gasteiger partial charge in [0.2, 0.25) is 5.91 Å². The number of hydrogen-bond acceptors (Lipinski definition) is 4. The summed E-state index contributed by atoms with van der Waals surface area (Å²) in [6.45, 7) is 0.108. The molecule has 7 nitrogen and oxygen atoms in total. The maximum atomic E-state index is 13.5. The molecule has 1 heterocycles. The maximum absolute atomic E-state index is 13.5. The van der Waals surface area contributed by atoms with Gasteiger partial charge >= 0.3 is 5.97 Å². The Kier molecular flexibility index (Phi) is 5.83. The third kappa shape index (κ3) is 4.43. The first-order valence-corrected chi connectivity index (χ1v) is 10.2. The van der Waals surface area contributed by atoms with E-state index in [0.29, 0.717) is 21.8 Å². The highest BCUT2D eigenvalue weighted by atomic mass is 35.5. The molecule has 0 bridgehead atoms. The molecule has 8 heteroatoms. The van der Waals surface area contributed by atoms with Crippen molar-refractivity contribution in [3.05, 3.63) is 94.0 Å². The monoisotopic (exact) mass is 450 g/mol. The molecule has 1 aliphatic rings. The van der Waals surface area contributed by atoms with Crippen LogP contribution in [0.5, 0.6) is 5.75 Å². The molecule has 4 rings (SSSR count). The number of carboxylic acid groups (broad SMARTS) is 1. The fraction of sp³-hybridized carbons (Fsp3) is 0.125. The molecule has 3 aromatic carbocycles. The van der Waals surface area contributed by atoms with Crippen molar-refractivity contribution >= 4 is 35.1 Å². The van der Waals surface area contributed by atoms with Gasteiger partial charge in [-0.15, -0.1) is 0 Å². The minimum atomic E-state index is -1.04. The van der Waals surface area contributed by atoms with Crippen molar-refractivity contribution in [1.29, 1.82) is 0 Å². The van der Waals surface area contributed by atoms with E-state index >= 15 is 0 Å². The average molecular weight is 451 g/mol. The number of phenolic OH excluding ortho intramolecular Hbond substituents is 1. The summed E-state index contributed by atoms with van der Waals surface area (Å²) in [7, 11) is 0. The van der Waals surface area contributed by atoms with E-state index < -0.39 is 12.0 Å². The van der Waals surface area contributed by atoms with Gasteiger partial charge in [0.15, 0.2) is 0 Å². The number of halogens is 1. The lowest BCUT2D eigenvalue weighted by atomic mass is 10.0. The third-order valence-electron chi connectivity index (χ3n) is 5.33. The Morgan fingerprint density at radius 3 is 2.28 bits per heavy atom. The molecule has 0 fully saturated rings. The quantitative estimate of drug-likeness (QED) is 0.545. The maximum Gasteiger partial charge on any atom is 0.335 e. The molecule has 0 aliphatic carbocycles. The second kappa shape index (κ2) is 8.72. The topological polar surface area (TPSA) is 107 Å². The number of fused-ring (bicyclic) bond motifs is 1. The van der Waals surface area contributed by atoms with E-state index in [0.717, 1.165) is 5.56 Å². The second-order valence-corrected chi connectivity index (χ2v) is 7.94. The predicted molar refractivity (Wildman–Crippen MR) is 119 cm³/mol. The molecule has 2 amide bonds. The Morgan fingerprint density at radius 1 is 0.969 bits per heavy atom. The summed E-state index contributed by atoms with van der Waals surface area (Å²) in [5.74, 6) is -1.65. The van der Waals surface area contributed by atoms with Crippen LogP contribution in [0, 0.1) is 0 Å². The first-order valence-electron chi connectivity index (χ1n) is 9.83. The van der Waals surface area contributed by atoms with Crippen LogP contribution >= 0.6 is 11.6 Å². The number of nitrogens with zero attached hydrogens (tertiary/aromatic N) is 1. The fourth-order valence-electron chi connectivity index (χ4n) is 3.65. The lowest BCUT2D eigenvalue weighted by molar-refractivity contribution is -0.120. The number of carbonyl (C=O) groups excluding carboxylic acids is 2. The fourth-order valence-corrected chi connectivity index (χ4v) is 3.82. The summed E-state index contributed by atoms with van der Waals surface area (Å²) < 4.78 is 0. The number of amides is 2. The van der Waals surface area contributed by atoms with Crippen molar-refractivity contribution in [2.45, 2.75) is 19.0 Å². The lowest BCUT2D eigenvalue weighted by Crippen LogP contribution is -2.46. The van der Waals surface area contributed by atoms with Crippen LogP contribution in [-0.2, 0) is 17.8 Å². The molecule has 1 aliphatic heterocycles. The number of rotatable bonds is 5. The highest BCUT2D eigenvalue weighted by Gasteiger charge is 2.35. The summed E-state index contributed by atoms with van der Waals surface area (Å²) in [4.78, 5) is 39.3. The minimum absolute atomic E-state index is 0.104.